The number of rotatable bonds is 5. The van der Waals surface area contributed by atoms with Gasteiger partial charge in [-0.05, 0) is 36.7 Å². The van der Waals surface area contributed by atoms with E-state index < -0.39 is 0 Å². The maximum atomic E-state index is 11.7. The summed E-state index contributed by atoms with van der Waals surface area (Å²) in [5.74, 6) is 0.558. The average molecular weight is 318 g/mol. The molecule has 3 unspecified atom stereocenters. The largest absolute Gasteiger partial charge is 0.469 e. The minimum Gasteiger partial charge on any atom is -0.469 e. The van der Waals surface area contributed by atoms with E-state index in [0.717, 1.165) is 25.7 Å². The van der Waals surface area contributed by atoms with E-state index in [1.807, 2.05) is 6.07 Å². The summed E-state index contributed by atoms with van der Waals surface area (Å²) in [4.78, 5) is 22.8. The topological polar surface area (TPSA) is 44.8 Å². The molecule has 0 N–H and O–H groups in total. The molecule has 1 saturated carbocycles. The summed E-state index contributed by atoms with van der Waals surface area (Å²) in [6.07, 6.45) is 6.80. The Hall–Kier alpha value is -1.39. The first-order valence-corrected chi connectivity index (χ1v) is 8.67. The van der Waals surface area contributed by atoms with Gasteiger partial charge >= 0.3 is 5.97 Å². The molecule has 126 valence electrons. The van der Waals surface area contributed by atoms with Crippen molar-refractivity contribution < 1.29 is 19.3 Å². The summed E-state index contributed by atoms with van der Waals surface area (Å²) >= 11 is 0. The van der Waals surface area contributed by atoms with Crippen molar-refractivity contribution >= 4 is 5.97 Å². The lowest BCUT2D eigenvalue weighted by Gasteiger charge is -2.43. The number of hydrogen-bond acceptors (Lipinski definition) is 4. The van der Waals surface area contributed by atoms with Gasteiger partial charge in [0.1, 0.15) is 5.60 Å². The minimum atomic E-state index is -0.172. The van der Waals surface area contributed by atoms with Gasteiger partial charge in [0, 0.05) is 12.8 Å². The highest BCUT2D eigenvalue weighted by atomic mass is 17.2. The molecule has 4 nitrogen and oxygen atoms in total. The van der Waals surface area contributed by atoms with Crippen LogP contribution in [0.1, 0.15) is 56.4 Å². The van der Waals surface area contributed by atoms with Crippen LogP contribution in [-0.2, 0) is 19.3 Å². The van der Waals surface area contributed by atoms with E-state index in [2.05, 4.69) is 24.3 Å². The Labute approximate surface area is 138 Å². The average Bonchev–Trinajstić information content (AvgIpc) is 3.06. The van der Waals surface area contributed by atoms with Crippen molar-refractivity contribution in [2.24, 2.45) is 5.92 Å². The van der Waals surface area contributed by atoms with Crippen LogP contribution in [0, 0.1) is 5.92 Å². The van der Waals surface area contributed by atoms with Crippen LogP contribution in [0.2, 0.25) is 0 Å². The number of carbonyl (C=O) groups excluding carboxylic acids is 1. The molecule has 0 amide bonds. The van der Waals surface area contributed by atoms with Crippen molar-refractivity contribution in [1.82, 2.24) is 0 Å². The van der Waals surface area contributed by atoms with Crippen LogP contribution in [0.15, 0.2) is 30.3 Å². The van der Waals surface area contributed by atoms with E-state index in [1.54, 1.807) is 0 Å². The second kappa shape index (κ2) is 7.45. The molecule has 1 aliphatic heterocycles. The van der Waals surface area contributed by atoms with Gasteiger partial charge in [-0.1, -0.05) is 43.2 Å². The fraction of sp³-hybridized carbons (Fsp3) is 0.632. The maximum Gasteiger partial charge on any atom is 0.305 e. The smallest absolute Gasteiger partial charge is 0.305 e. The molecule has 3 rings (SSSR count). The monoisotopic (exact) mass is 318 g/mol. The summed E-state index contributed by atoms with van der Waals surface area (Å²) in [5.41, 5.74) is 1.12. The lowest BCUT2D eigenvalue weighted by Crippen LogP contribution is -2.43. The molecule has 4 heteroatoms. The second-order valence-electron chi connectivity index (χ2n) is 6.70. The van der Waals surface area contributed by atoms with Crippen molar-refractivity contribution in [3.8, 4) is 0 Å². The summed E-state index contributed by atoms with van der Waals surface area (Å²) in [6.45, 7) is 0.676. The Kier molecular flexibility index (Phi) is 5.34. The lowest BCUT2D eigenvalue weighted by atomic mass is 9.65. The molecule has 1 aromatic rings. The quantitative estimate of drug-likeness (QED) is 0.608. The van der Waals surface area contributed by atoms with Crippen LogP contribution in [0.5, 0.6) is 0 Å². The summed E-state index contributed by atoms with van der Waals surface area (Å²) in [6, 6.07) is 10.5. The fourth-order valence-corrected chi connectivity index (χ4v) is 4.31. The maximum absolute atomic E-state index is 11.7. The van der Waals surface area contributed by atoms with Gasteiger partial charge in [0.05, 0.1) is 13.7 Å². The lowest BCUT2D eigenvalue weighted by molar-refractivity contribution is -0.327. The van der Waals surface area contributed by atoms with Crippen molar-refractivity contribution in [3.63, 3.8) is 0 Å². The number of methoxy groups -OCH3 is 1. The minimum absolute atomic E-state index is 0.139. The zero-order valence-electron chi connectivity index (χ0n) is 13.8. The van der Waals surface area contributed by atoms with Crippen LogP contribution in [0.3, 0.4) is 0 Å². The van der Waals surface area contributed by atoms with E-state index in [-0.39, 0.29) is 11.6 Å². The molecule has 1 aliphatic carbocycles. The Morgan fingerprint density at radius 3 is 2.83 bits per heavy atom. The van der Waals surface area contributed by atoms with E-state index in [0.29, 0.717) is 24.9 Å². The zero-order chi connectivity index (χ0) is 16.1. The molecule has 1 saturated heterocycles. The van der Waals surface area contributed by atoms with Crippen molar-refractivity contribution in [3.05, 3.63) is 35.9 Å². The number of benzene rings is 1. The molecule has 0 bridgehead atoms. The Balaban J connectivity index is 1.85. The third-order valence-electron chi connectivity index (χ3n) is 5.47. The Morgan fingerprint density at radius 1 is 1.30 bits per heavy atom. The van der Waals surface area contributed by atoms with Gasteiger partial charge in [-0.2, -0.15) is 0 Å². The van der Waals surface area contributed by atoms with Gasteiger partial charge in [-0.15, -0.1) is 0 Å². The van der Waals surface area contributed by atoms with Gasteiger partial charge < -0.3 is 4.74 Å². The normalized spacial score (nSPS) is 28.7. The first kappa shape index (κ1) is 16.5. The van der Waals surface area contributed by atoms with Crippen molar-refractivity contribution in [2.75, 3.05) is 13.7 Å². The van der Waals surface area contributed by atoms with Crippen LogP contribution in [0.4, 0.5) is 0 Å². The Morgan fingerprint density at radius 2 is 2.13 bits per heavy atom. The standard InChI is InChI=1S/C19H26O4/c1-21-18(20)11-10-16(15-7-3-2-4-8-15)17-9-5-6-12-19(17)13-14-22-23-19/h2-4,7-8,16-17H,5-6,9-14H2,1H3. The van der Waals surface area contributed by atoms with Gasteiger partial charge in [-0.3, -0.25) is 4.79 Å². The molecule has 23 heavy (non-hydrogen) atoms. The van der Waals surface area contributed by atoms with Gasteiger partial charge in [-0.25, -0.2) is 9.78 Å². The third kappa shape index (κ3) is 3.59. The summed E-state index contributed by atoms with van der Waals surface area (Å²) < 4.78 is 4.85. The van der Waals surface area contributed by atoms with Crippen LogP contribution < -0.4 is 0 Å². The number of carbonyl (C=O) groups is 1. The summed E-state index contributed by atoms with van der Waals surface area (Å²) in [7, 11) is 1.45. The highest BCUT2D eigenvalue weighted by molar-refractivity contribution is 5.69. The Bertz CT molecular complexity index is 507. The van der Waals surface area contributed by atoms with Crippen LogP contribution in [0.25, 0.3) is 0 Å². The third-order valence-corrected chi connectivity index (χ3v) is 5.47. The van der Waals surface area contributed by atoms with Crippen LogP contribution in [-0.4, -0.2) is 25.3 Å². The molecule has 2 fully saturated rings. The van der Waals surface area contributed by atoms with Crippen molar-refractivity contribution in [2.45, 2.75) is 56.5 Å². The number of esters is 1. The number of hydrogen-bond donors (Lipinski definition) is 0. The predicted octanol–water partition coefficient (Wildman–Crippen LogP) is 4.00. The molecule has 0 aromatic heterocycles. The van der Waals surface area contributed by atoms with Gasteiger partial charge in [0.15, 0.2) is 0 Å². The highest BCUT2D eigenvalue weighted by Crippen LogP contribution is 2.50. The van der Waals surface area contributed by atoms with Gasteiger partial charge in [0.2, 0.25) is 0 Å². The predicted molar refractivity (Wildman–Crippen MR) is 86.8 cm³/mol. The molecule has 1 aromatic carbocycles. The molecular weight excluding hydrogens is 292 g/mol. The van der Waals surface area contributed by atoms with Gasteiger partial charge in [0.25, 0.3) is 0 Å². The van der Waals surface area contributed by atoms with E-state index in [4.69, 9.17) is 14.5 Å². The van der Waals surface area contributed by atoms with E-state index >= 15 is 0 Å². The molecule has 3 atom stereocenters. The SMILES string of the molecule is COC(=O)CCC(c1ccccc1)C1CCCCC12CCOO2. The first-order chi connectivity index (χ1) is 11.2. The van der Waals surface area contributed by atoms with E-state index in [9.17, 15) is 4.79 Å². The second-order valence-corrected chi connectivity index (χ2v) is 6.70. The molecule has 0 radical (unpaired) electrons. The molecular formula is C19H26O4. The van der Waals surface area contributed by atoms with Crippen LogP contribution >= 0.6 is 0 Å². The highest BCUT2D eigenvalue weighted by Gasteiger charge is 2.49. The molecule has 2 aliphatic rings. The number of ether oxygens (including phenoxy) is 1. The van der Waals surface area contributed by atoms with Crippen molar-refractivity contribution in [1.29, 1.82) is 0 Å². The first-order valence-electron chi connectivity index (χ1n) is 8.67. The molecule has 1 heterocycles. The summed E-state index contributed by atoms with van der Waals surface area (Å²) in [5, 5.41) is 0. The zero-order valence-corrected chi connectivity index (χ0v) is 13.8. The van der Waals surface area contributed by atoms with E-state index in [1.165, 1.54) is 25.5 Å². The molecule has 1 spiro atoms. The fourth-order valence-electron chi connectivity index (χ4n) is 4.31.